The topological polar surface area (TPSA) is 79.4 Å². The summed E-state index contributed by atoms with van der Waals surface area (Å²) in [7, 11) is 0. The predicted octanol–water partition coefficient (Wildman–Crippen LogP) is 2.04. The van der Waals surface area contributed by atoms with Crippen LogP contribution in [-0.2, 0) is 11.2 Å². The van der Waals surface area contributed by atoms with Crippen molar-refractivity contribution in [1.29, 1.82) is 0 Å². The van der Waals surface area contributed by atoms with Crippen molar-refractivity contribution in [3.05, 3.63) is 47.7 Å². The molecule has 1 aliphatic heterocycles. The normalized spacial score (nSPS) is 14.8. The number of aryl methyl sites for hydroxylation is 1. The van der Waals surface area contributed by atoms with Gasteiger partial charge < -0.3 is 15.4 Å². The zero-order valence-corrected chi connectivity index (χ0v) is 15.1. The molecule has 7 heteroatoms. The second kappa shape index (κ2) is 9.26. The van der Waals surface area contributed by atoms with Crippen molar-refractivity contribution in [1.82, 2.24) is 15.1 Å². The number of morpholine rings is 1. The summed E-state index contributed by atoms with van der Waals surface area (Å²) in [4.78, 5) is 14.6. The Labute approximate surface area is 153 Å². The van der Waals surface area contributed by atoms with Crippen molar-refractivity contribution in [3.63, 3.8) is 0 Å². The lowest BCUT2D eigenvalue weighted by molar-refractivity contribution is 0.0398. The van der Waals surface area contributed by atoms with E-state index in [9.17, 15) is 4.79 Å². The molecule has 0 unspecified atom stereocenters. The Morgan fingerprint density at radius 3 is 2.54 bits per heavy atom. The van der Waals surface area contributed by atoms with Crippen LogP contribution in [0.15, 0.2) is 36.4 Å². The van der Waals surface area contributed by atoms with Crippen molar-refractivity contribution in [2.24, 2.45) is 0 Å². The zero-order valence-electron chi connectivity index (χ0n) is 15.1. The zero-order chi connectivity index (χ0) is 18.2. The molecule has 0 spiro atoms. The van der Waals surface area contributed by atoms with Gasteiger partial charge in [-0.25, -0.2) is 0 Å². The number of anilines is 2. The number of nitrogens with one attached hydrogen (secondary N) is 2. The minimum Gasteiger partial charge on any atom is -0.379 e. The molecule has 1 fully saturated rings. The molecule has 0 atom stereocenters. The maximum Gasteiger partial charge on any atom is 0.276 e. The molecule has 26 heavy (non-hydrogen) atoms. The number of hydrogen-bond acceptors (Lipinski definition) is 6. The van der Waals surface area contributed by atoms with Crippen molar-refractivity contribution < 1.29 is 9.53 Å². The summed E-state index contributed by atoms with van der Waals surface area (Å²) in [5.74, 6) is 0.406. The van der Waals surface area contributed by atoms with E-state index in [2.05, 4.69) is 32.7 Å². The standard InChI is InChI=1S/C19H25N5O2/c1-2-15-3-5-16(6-4-15)21-19(25)17-7-8-18(23-22-17)20-9-10-24-11-13-26-14-12-24/h3-8H,2,9-14H2,1H3,(H,20,23)(H,21,25). The van der Waals surface area contributed by atoms with Gasteiger partial charge >= 0.3 is 0 Å². The Morgan fingerprint density at radius 2 is 1.88 bits per heavy atom. The van der Waals surface area contributed by atoms with Gasteiger partial charge in [-0.05, 0) is 36.2 Å². The lowest BCUT2D eigenvalue weighted by Crippen LogP contribution is -2.39. The fourth-order valence-corrected chi connectivity index (χ4v) is 2.73. The van der Waals surface area contributed by atoms with Crippen molar-refractivity contribution in [2.75, 3.05) is 50.0 Å². The van der Waals surface area contributed by atoms with Crippen LogP contribution in [0.5, 0.6) is 0 Å². The van der Waals surface area contributed by atoms with E-state index in [1.54, 1.807) is 12.1 Å². The van der Waals surface area contributed by atoms with E-state index in [1.165, 1.54) is 5.56 Å². The number of amides is 1. The van der Waals surface area contributed by atoms with Crippen LogP contribution in [0.1, 0.15) is 23.0 Å². The Hall–Kier alpha value is -2.51. The summed E-state index contributed by atoms with van der Waals surface area (Å²) in [5, 5.41) is 14.2. The Kier molecular flexibility index (Phi) is 6.51. The molecule has 2 heterocycles. The van der Waals surface area contributed by atoms with E-state index >= 15 is 0 Å². The molecule has 7 nitrogen and oxygen atoms in total. The maximum atomic E-state index is 12.2. The highest BCUT2D eigenvalue weighted by atomic mass is 16.5. The molecule has 1 aromatic carbocycles. The Morgan fingerprint density at radius 1 is 1.12 bits per heavy atom. The minimum absolute atomic E-state index is 0.262. The monoisotopic (exact) mass is 355 g/mol. The first-order chi connectivity index (χ1) is 12.7. The number of ether oxygens (including phenoxy) is 1. The maximum absolute atomic E-state index is 12.2. The van der Waals surface area contributed by atoms with E-state index < -0.39 is 0 Å². The molecule has 138 valence electrons. The summed E-state index contributed by atoms with van der Waals surface area (Å²) in [5.41, 5.74) is 2.28. The molecule has 0 radical (unpaired) electrons. The molecule has 1 amide bonds. The highest BCUT2D eigenvalue weighted by molar-refractivity contribution is 6.02. The van der Waals surface area contributed by atoms with Crippen LogP contribution in [0.2, 0.25) is 0 Å². The largest absolute Gasteiger partial charge is 0.379 e. The van der Waals surface area contributed by atoms with Crippen LogP contribution in [0.3, 0.4) is 0 Å². The average molecular weight is 355 g/mol. The molecule has 1 aliphatic rings. The molecular weight excluding hydrogens is 330 g/mol. The van der Waals surface area contributed by atoms with Gasteiger partial charge in [0.2, 0.25) is 0 Å². The van der Waals surface area contributed by atoms with Crippen LogP contribution in [0.4, 0.5) is 11.5 Å². The van der Waals surface area contributed by atoms with Crippen LogP contribution >= 0.6 is 0 Å². The SMILES string of the molecule is CCc1ccc(NC(=O)c2ccc(NCCN3CCOCC3)nn2)cc1. The molecular formula is C19H25N5O2. The predicted molar refractivity (Wildman–Crippen MR) is 102 cm³/mol. The fraction of sp³-hybridized carbons (Fsp3) is 0.421. The molecule has 0 saturated carbocycles. The van der Waals surface area contributed by atoms with Crippen LogP contribution in [0, 0.1) is 0 Å². The first-order valence-corrected chi connectivity index (χ1v) is 9.02. The van der Waals surface area contributed by atoms with E-state index in [1.807, 2.05) is 24.3 Å². The van der Waals surface area contributed by atoms with Crippen molar-refractivity contribution in [2.45, 2.75) is 13.3 Å². The van der Waals surface area contributed by atoms with E-state index in [0.29, 0.717) is 11.5 Å². The van der Waals surface area contributed by atoms with E-state index in [0.717, 1.165) is 51.5 Å². The lowest BCUT2D eigenvalue weighted by atomic mass is 10.1. The summed E-state index contributed by atoms with van der Waals surface area (Å²) < 4.78 is 5.33. The number of carbonyl (C=O) groups excluding carboxylic acids is 1. The Balaban J connectivity index is 1.47. The molecule has 0 bridgehead atoms. The van der Waals surface area contributed by atoms with E-state index in [-0.39, 0.29) is 5.91 Å². The molecule has 1 saturated heterocycles. The summed E-state index contributed by atoms with van der Waals surface area (Å²) in [6, 6.07) is 11.3. The molecule has 0 aliphatic carbocycles. The first kappa shape index (κ1) is 18.3. The third-order valence-corrected chi connectivity index (χ3v) is 4.36. The van der Waals surface area contributed by atoms with Gasteiger partial charge in [-0.3, -0.25) is 9.69 Å². The summed E-state index contributed by atoms with van der Waals surface area (Å²) in [6.07, 6.45) is 0.972. The highest BCUT2D eigenvalue weighted by Crippen LogP contribution is 2.11. The third kappa shape index (κ3) is 5.24. The summed E-state index contributed by atoms with van der Waals surface area (Å²) in [6.45, 7) is 7.33. The third-order valence-electron chi connectivity index (χ3n) is 4.36. The number of aromatic nitrogens is 2. The second-order valence-corrected chi connectivity index (χ2v) is 6.19. The van der Waals surface area contributed by atoms with Gasteiger partial charge in [0.15, 0.2) is 5.69 Å². The molecule has 1 aromatic heterocycles. The van der Waals surface area contributed by atoms with Gasteiger partial charge in [0.05, 0.1) is 13.2 Å². The summed E-state index contributed by atoms with van der Waals surface area (Å²) >= 11 is 0. The van der Waals surface area contributed by atoms with Crippen molar-refractivity contribution >= 4 is 17.4 Å². The van der Waals surface area contributed by atoms with Gasteiger partial charge in [-0.2, -0.15) is 0 Å². The quantitative estimate of drug-likeness (QED) is 0.791. The van der Waals surface area contributed by atoms with Crippen LogP contribution in [0.25, 0.3) is 0 Å². The fourth-order valence-electron chi connectivity index (χ4n) is 2.73. The Bertz CT molecular complexity index is 697. The number of rotatable bonds is 7. The average Bonchev–Trinajstić information content (AvgIpc) is 2.70. The van der Waals surface area contributed by atoms with Crippen LogP contribution in [-0.4, -0.2) is 60.4 Å². The van der Waals surface area contributed by atoms with Gasteiger partial charge in [-0.15, -0.1) is 10.2 Å². The highest BCUT2D eigenvalue weighted by Gasteiger charge is 2.11. The number of benzene rings is 1. The first-order valence-electron chi connectivity index (χ1n) is 9.02. The number of hydrogen-bond donors (Lipinski definition) is 2. The number of carbonyl (C=O) groups is 1. The van der Waals surface area contributed by atoms with Crippen LogP contribution < -0.4 is 10.6 Å². The smallest absolute Gasteiger partial charge is 0.276 e. The molecule has 2 N–H and O–H groups in total. The minimum atomic E-state index is -0.262. The van der Waals surface area contributed by atoms with Gasteiger partial charge in [-0.1, -0.05) is 19.1 Å². The van der Waals surface area contributed by atoms with Gasteiger partial charge in [0, 0.05) is 31.9 Å². The van der Waals surface area contributed by atoms with Gasteiger partial charge in [0.25, 0.3) is 5.91 Å². The molecule has 2 aromatic rings. The van der Waals surface area contributed by atoms with Gasteiger partial charge in [0.1, 0.15) is 5.82 Å². The van der Waals surface area contributed by atoms with Crippen molar-refractivity contribution in [3.8, 4) is 0 Å². The second-order valence-electron chi connectivity index (χ2n) is 6.19. The lowest BCUT2D eigenvalue weighted by Gasteiger charge is -2.26. The number of nitrogens with zero attached hydrogens (tertiary/aromatic N) is 3. The molecule has 3 rings (SSSR count). The van der Waals surface area contributed by atoms with E-state index in [4.69, 9.17) is 4.74 Å².